The first-order valence-electron chi connectivity index (χ1n) is 6.84. The van der Waals surface area contributed by atoms with Gasteiger partial charge in [-0.2, -0.15) is 0 Å². The lowest BCUT2D eigenvalue weighted by atomic mass is 10.1. The summed E-state index contributed by atoms with van der Waals surface area (Å²) >= 11 is 0. The molecule has 0 saturated heterocycles. The van der Waals surface area contributed by atoms with E-state index in [9.17, 15) is 0 Å². The van der Waals surface area contributed by atoms with Crippen molar-refractivity contribution in [1.82, 2.24) is 4.98 Å². The van der Waals surface area contributed by atoms with Gasteiger partial charge < -0.3 is 4.90 Å². The summed E-state index contributed by atoms with van der Waals surface area (Å²) in [5, 5.41) is 0. The Hall–Kier alpha value is -1.05. The lowest BCUT2D eigenvalue weighted by Crippen LogP contribution is -2.29. The van der Waals surface area contributed by atoms with Gasteiger partial charge in [-0.3, -0.25) is 0 Å². The molecule has 0 amide bonds. The standard InChI is InChI=1S/C15H24N2/c1-12(2)10-13-8-9-15(16-11-13)17(3)14-6-4-5-7-14/h8-9,11-12,14H,4-7,10H2,1-3H3. The van der Waals surface area contributed by atoms with Crippen molar-refractivity contribution in [1.29, 1.82) is 0 Å². The average Bonchev–Trinajstić information content (AvgIpc) is 2.82. The van der Waals surface area contributed by atoms with Crippen molar-refractivity contribution in [3.05, 3.63) is 23.9 Å². The first kappa shape index (κ1) is 12.4. The highest BCUT2D eigenvalue weighted by Gasteiger charge is 2.20. The van der Waals surface area contributed by atoms with Crippen LogP contribution in [0.4, 0.5) is 5.82 Å². The summed E-state index contributed by atoms with van der Waals surface area (Å²) in [6.45, 7) is 4.50. The molecule has 1 saturated carbocycles. The molecule has 0 bridgehead atoms. The van der Waals surface area contributed by atoms with Crippen LogP contribution in [0.25, 0.3) is 0 Å². The highest BCUT2D eigenvalue weighted by molar-refractivity contribution is 5.39. The predicted molar refractivity (Wildman–Crippen MR) is 73.4 cm³/mol. The van der Waals surface area contributed by atoms with E-state index in [0.717, 1.165) is 12.2 Å². The van der Waals surface area contributed by atoms with E-state index in [1.165, 1.54) is 31.2 Å². The van der Waals surface area contributed by atoms with Gasteiger partial charge in [-0.15, -0.1) is 0 Å². The first-order valence-corrected chi connectivity index (χ1v) is 6.84. The summed E-state index contributed by atoms with van der Waals surface area (Å²) in [5.41, 5.74) is 1.35. The third kappa shape index (κ3) is 3.21. The van der Waals surface area contributed by atoms with Gasteiger partial charge in [-0.05, 0) is 36.8 Å². The van der Waals surface area contributed by atoms with Crippen molar-refractivity contribution in [3.8, 4) is 0 Å². The molecule has 0 radical (unpaired) electrons. The molecule has 1 aliphatic carbocycles. The normalized spacial score (nSPS) is 16.7. The maximum Gasteiger partial charge on any atom is 0.128 e. The van der Waals surface area contributed by atoms with Crippen molar-refractivity contribution < 1.29 is 0 Å². The molecule has 2 rings (SSSR count). The second kappa shape index (κ2) is 5.52. The Labute approximate surface area is 105 Å². The van der Waals surface area contributed by atoms with Crippen LogP contribution in [-0.4, -0.2) is 18.1 Å². The van der Waals surface area contributed by atoms with Gasteiger partial charge in [0.1, 0.15) is 5.82 Å². The average molecular weight is 232 g/mol. The maximum absolute atomic E-state index is 4.60. The molecule has 0 spiro atoms. The minimum atomic E-state index is 0.704. The molecule has 0 aromatic carbocycles. The van der Waals surface area contributed by atoms with Crippen LogP contribution in [0, 0.1) is 5.92 Å². The lowest BCUT2D eigenvalue weighted by Gasteiger charge is -2.25. The van der Waals surface area contributed by atoms with E-state index in [0.29, 0.717) is 12.0 Å². The van der Waals surface area contributed by atoms with Gasteiger partial charge >= 0.3 is 0 Å². The highest BCUT2D eigenvalue weighted by Crippen LogP contribution is 2.25. The zero-order valence-electron chi connectivity index (χ0n) is 11.3. The molecule has 1 aliphatic rings. The minimum absolute atomic E-state index is 0.704. The largest absolute Gasteiger partial charge is 0.357 e. The Morgan fingerprint density at radius 2 is 2.00 bits per heavy atom. The van der Waals surface area contributed by atoms with E-state index in [1.807, 2.05) is 6.20 Å². The minimum Gasteiger partial charge on any atom is -0.357 e. The van der Waals surface area contributed by atoms with Gasteiger partial charge in [-0.25, -0.2) is 4.98 Å². The molecule has 1 heterocycles. The number of hydrogen-bond acceptors (Lipinski definition) is 2. The third-order valence-electron chi connectivity index (χ3n) is 3.69. The number of nitrogens with zero attached hydrogens (tertiary/aromatic N) is 2. The zero-order chi connectivity index (χ0) is 12.3. The molecule has 2 nitrogen and oxygen atoms in total. The topological polar surface area (TPSA) is 16.1 Å². The summed E-state index contributed by atoms with van der Waals surface area (Å²) in [6, 6.07) is 5.11. The summed E-state index contributed by atoms with van der Waals surface area (Å²) in [6.07, 6.45) is 8.57. The first-order chi connectivity index (χ1) is 8.16. The summed E-state index contributed by atoms with van der Waals surface area (Å²) in [4.78, 5) is 6.96. The quantitative estimate of drug-likeness (QED) is 0.787. The number of aromatic nitrogens is 1. The van der Waals surface area contributed by atoms with E-state index < -0.39 is 0 Å². The van der Waals surface area contributed by atoms with Gasteiger partial charge in [0.15, 0.2) is 0 Å². The fourth-order valence-corrected chi connectivity index (χ4v) is 2.70. The second-order valence-corrected chi connectivity index (χ2v) is 5.67. The van der Waals surface area contributed by atoms with Crippen LogP contribution in [-0.2, 0) is 6.42 Å². The van der Waals surface area contributed by atoms with E-state index in [4.69, 9.17) is 0 Å². The van der Waals surface area contributed by atoms with Crippen molar-refractivity contribution in [2.24, 2.45) is 5.92 Å². The Morgan fingerprint density at radius 1 is 1.29 bits per heavy atom. The Bertz CT molecular complexity index is 336. The van der Waals surface area contributed by atoms with Crippen molar-refractivity contribution in [3.63, 3.8) is 0 Å². The SMILES string of the molecule is CC(C)Cc1ccc(N(C)C2CCCC2)nc1. The number of hydrogen-bond donors (Lipinski definition) is 0. The molecule has 94 valence electrons. The fraction of sp³-hybridized carbons (Fsp3) is 0.667. The lowest BCUT2D eigenvalue weighted by molar-refractivity contribution is 0.638. The molecule has 2 heteroatoms. The Kier molecular flexibility index (Phi) is 4.03. The van der Waals surface area contributed by atoms with E-state index in [1.54, 1.807) is 0 Å². The molecule has 0 unspecified atom stereocenters. The molecule has 0 aliphatic heterocycles. The molecule has 0 N–H and O–H groups in total. The predicted octanol–water partition coefficient (Wildman–Crippen LogP) is 3.66. The van der Waals surface area contributed by atoms with Crippen LogP contribution in [0.5, 0.6) is 0 Å². The van der Waals surface area contributed by atoms with Crippen molar-refractivity contribution in [2.45, 2.75) is 52.0 Å². The number of rotatable bonds is 4. The fourth-order valence-electron chi connectivity index (χ4n) is 2.70. The van der Waals surface area contributed by atoms with E-state index in [-0.39, 0.29) is 0 Å². The van der Waals surface area contributed by atoms with Crippen LogP contribution in [0.2, 0.25) is 0 Å². The number of pyridine rings is 1. The molecule has 17 heavy (non-hydrogen) atoms. The summed E-state index contributed by atoms with van der Waals surface area (Å²) < 4.78 is 0. The summed E-state index contributed by atoms with van der Waals surface area (Å²) in [5.74, 6) is 1.83. The molecule has 1 aromatic rings. The van der Waals surface area contributed by atoms with Gasteiger partial charge in [-0.1, -0.05) is 32.8 Å². The molecule has 0 atom stereocenters. The zero-order valence-corrected chi connectivity index (χ0v) is 11.3. The van der Waals surface area contributed by atoms with Crippen molar-refractivity contribution >= 4 is 5.82 Å². The van der Waals surface area contributed by atoms with Crippen LogP contribution in [0.1, 0.15) is 45.1 Å². The number of anilines is 1. The molecular formula is C15H24N2. The van der Waals surface area contributed by atoms with Crippen LogP contribution < -0.4 is 4.90 Å². The molecular weight excluding hydrogens is 208 g/mol. The monoisotopic (exact) mass is 232 g/mol. The van der Waals surface area contributed by atoms with Crippen LogP contribution in [0.3, 0.4) is 0 Å². The molecule has 1 aromatic heterocycles. The van der Waals surface area contributed by atoms with Gasteiger partial charge in [0.05, 0.1) is 0 Å². The second-order valence-electron chi connectivity index (χ2n) is 5.67. The van der Waals surface area contributed by atoms with Crippen LogP contribution >= 0.6 is 0 Å². The van der Waals surface area contributed by atoms with Gasteiger partial charge in [0.2, 0.25) is 0 Å². The van der Waals surface area contributed by atoms with Crippen LogP contribution in [0.15, 0.2) is 18.3 Å². The van der Waals surface area contributed by atoms with Gasteiger partial charge in [0.25, 0.3) is 0 Å². The Morgan fingerprint density at radius 3 is 2.53 bits per heavy atom. The van der Waals surface area contributed by atoms with E-state index in [2.05, 4.69) is 42.9 Å². The molecule has 1 fully saturated rings. The van der Waals surface area contributed by atoms with Gasteiger partial charge in [0, 0.05) is 19.3 Å². The highest BCUT2D eigenvalue weighted by atomic mass is 15.2. The van der Waals surface area contributed by atoms with E-state index >= 15 is 0 Å². The van der Waals surface area contributed by atoms with Crippen molar-refractivity contribution in [2.75, 3.05) is 11.9 Å². The Balaban J connectivity index is 2.01. The maximum atomic E-state index is 4.60. The smallest absolute Gasteiger partial charge is 0.128 e. The third-order valence-corrected chi connectivity index (χ3v) is 3.69. The summed E-state index contributed by atoms with van der Waals surface area (Å²) in [7, 11) is 2.18.